The number of likely N-dealkylation sites (N-methyl/N-ethyl adjacent to an activating group) is 1. The van der Waals surface area contributed by atoms with Gasteiger partial charge in [0.2, 0.25) is 5.91 Å². The fraction of sp³-hybridized carbons (Fsp3) is 0.278. The first-order valence-corrected chi connectivity index (χ1v) is 7.78. The Balaban J connectivity index is 1.52. The van der Waals surface area contributed by atoms with Crippen LogP contribution in [0.3, 0.4) is 0 Å². The van der Waals surface area contributed by atoms with E-state index >= 15 is 0 Å². The van der Waals surface area contributed by atoms with Gasteiger partial charge in [-0.15, -0.1) is 0 Å². The maximum atomic E-state index is 12.3. The number of rotatable bonds is 6. The van der Waals surface area contributed by atoms with Gasteiger partial charge < -0.3 is 9.47 Å². The summed E-state index contributed by atoms with van der Waals surface area (Å²) in [7, 11) is 1.84. The highest BCUT2D eigenvalue weighted by molar-refractivity contribution is 5.77. The van der Waals surface area contributed by atoms with Gasteiger partial charge in [-0.1, -0.05) is 18.2 Å². The number of para-hydroxylation sites is 2. The van der Waals surface area contributed by atoms with Crippen LogP contribution in [0, 0.1) is 0 Å². The van der Waals surface area contributed by atoms with Crippen molar-refractivity contribution >= 4 is 16.9 Å². The summed E-state index contributed by atoms with van der Waals surface area (Å²) in [6.45, 7) is 1.33. The zero-order valence-corrected chi connectivity index (χ0v) is 13.2. The third-order valence-electron chi connectivity index (χ3n) is 3.95. The standard InChI is InChI=1S/C18H20N4O/c1-21(12-9-15-6-4-5-11-19-15)18(23)10-13-22-14-20-16-7-2-3-8-17(16)22/h2-8,11,14H,9-10,12-13H2,1H3. The zero-order valence-electron chi connectivity index (χ0n) is 13.2. The van der Waals surface area contributed by atoms with Gasteiger partial charge >= 0.3 is 0 Å². The number of imidazole rings is 1. The Labute approximate surface area is 135 Å². The topological polar surface area (TPSA) is 51.0 Å². The SMILES string of the molecule is CN(CCc1ccccn1)C(=O)CCn1cnc2ccccc21. The van der Waals surface area contributed by atoms with E-state index in [-0.39, 0.29) is 5.91 Å². The van der Waals surface area contributed by atoms with Crippen molar-refractivity contribution in [1.82, 2.24) is 19.4 Å². The number of aryl methyl sites for hydroxylation is 1. The second kappa shape index (κ2) is 7.05. The number of hydrogen-bond acceptors (Lipinski definition) is 3. The van der Waals surface area contributed by atoms with Gasteiger partial charge in [-0.25, -0.2) is 4.98 Å². The Morgan fingerprint density at radius 3 is 2.78 bits per heavy atom. The second-order valence-corrected chi connectivity index (χ2v) is 5.56. The lowest BCUT2D eigenvalue weighted by atomic mass is 10.2. The van der Waals surface area contributed by atoms with Gasteiger partial charge in [-0.2, -0.15) is 0 Å². The van der Waals surface area contributed by atoms with Crippen molar-refractivity contribution in [2.45, 2.75) is 19.4 Å². The smallest absolute Gasteiger partial charge is 0.224 e. The van der Waals surface area contributed by atoms with Crippen LogP contribution >= 0.6 is 0 Å². The molecule has 0 fully saturated rings. The van der Waals surface area contributed by atoms with E-state index in [1.165, 1.54) is 0 Å². The van der Waals surface area contributed by atoms with Crippen LogP contribution in [0.15, 0.2) is 55.0 Å². The molecule has 118 valence electrons. The van der Waals surface area contributed by atoms with Crippen LogP contribution in [-0.4, -0.2) is 38.9 Å². The molecular weight excluding hydrogens is 288 g/mol. The summed E-state index contributed by atoms with van der Waals surface area (Å²) < 4.78 is 2.03. The van der Waals surface area contributed by atoms with Gasteiger partial charge in [-0.3, -0.25) is 9.78 Å². The number of benzene rings is 1. The molecular formula is C18H20N4O. The largest absolute Gasteiger partial charge is 0.345 e. The average Bonchev–Trinajstić information content (AvgIpc) is 3.01. The number of nitrogens with zero attached hydrogens (tertiary/aromatic N) is 4. The summed E-state index contributed by atoms with van der Waals surface area (Å²) in [5, 5.41) is 0. The number of carbonyl (C=O) groups is 1. The summed E-state index contributed by atoms with van der Waals surface area (Å²) in [6, 6.07) is 13.8. The molecule has 1 aromatic carbocycles. The van der Waals surface area contributed by atoms with Crippen LogP contribution in [0.4, 0.5) is 0 Å². The minimum absolute atomic E-state index is 0.138. The third-order valence-corrected chi connectivity index (χ3v) is 3.95. The van der Waals surface area contributed by atoms with Crippen molar-refractivity contribution in [2.24, 2.45) is 0 Å². The van der Waals surface area contributed by atoms with Crippen molar-refractivity contribution in [1.29, 1.82) is 0 Å². The number of carbonyl (C=O) groups excluding carboxylic acids is 1. The molecule has 3 rings (SSSR count). The quantitative estimate of drug-likeness (QED) is 0.703. The number of fused-ring (bicyclic) bond motifs is 1. The summed E-state index contributed by atoms with van der Waals surface area (Å²) in [6.07, 6.45) is 4.82. The molecule has 1 amide bonds. The highest BCUT2D eigenvalue weighted by atomic mass is 16.2. The van der Waals surface area contributed by atoms with Crippen molar-refractivity contribution in [3.8, 4) is 0 Å². The van der Waals surface area contributed by atoms with Crippen LogP contribution < -0.4 is 0 Å². The predicted octanol–water partition coefficient (Wildman–Crippen LogP) is 2.52. The second-order valence-electron chi connectivity index (χ2n) is 5.56. The number of aromatic nitrogens is 3. The lowest BCUT2D eigenvalue weighted by molar-refractivity contribution is -0.130. The van der Waals surface area contributed by atoms with Crippen LogP contribution in [0.1, 0.15) is 12.1 Å². The van der Waals surface area contributed by atoms with Gasteiger partial charge in [0.05, 0.1) is 17.4 Å². The molecule has 0 aliphatic rings. The van der Waals surface area contributed by atoms with Gasteiger partial charge in [0.25, 0.3) is 0 Å². The molecule has 23 heavy (non-hydrogen) atoms. The fourth-order valence-electron chi connectivity index (χ4n) is 2.55. The van der Waals surface area contributed by atoms with E-state index in [2.05, 4.69) is 9.97 Å². The Bertz CT molecular complexity index is 782. The first kappa shape index (κ1) is 15.2. The van der Waals surface area contributed by atoms with E-state index in [0.717, 1.165) is 23.1 Å². The third kappa shape index (κ3) is 3.74. The Morgan fingerprint density at radius 2 is 1.96 bits per heavy atom. The molecule has 0 atom stereocenters. The van der Waals surface area contributed by atoms with Crippen LogP contribution in [0.25, 0.3) is 11.0 Å². The van der Waals surface area contributed by atoms with E-state index < -0.39 is 0 Å². The summed E-state index contributed by atoms with van der Waals surface area (Å²) >= 11 is 0. The first-order chi connectivity index (χ1) is 11.2. The molecule has 0 bridgehead atoms. The van der Waals surface area contributed by atoms with Crippen LogP contribution in [0.2, 0.25) is 0 Å². The monoisotopic (exact) mass is 308 g/mol. The minimum Gasteiger partial charge on any atom is -0.345 e. The molecule has 5 nitrogen and oxygen atoms in total. The summed E-state index contributed by atoms with van der Waals surface area (Å²) in [4.78, 5) is 22.7. The molecule has 0 saturated heterocycles. The van der Waals surface area contributed by atoms with Gasteiger partial charge in [0.1, 0.15) is 0 Å². The molecule has 5 heteroatoms. The Kier molecular flexibility index (Phi) is 4.66. The summed E-state index contributed by atoms with van der Waals surface area (Å²) in [5.74, 6) is 0.138. The van der Waals surface area contributed by atoms with E-state index in [9.17, 15) is 4.79 Å². The number of hydrogen-bond donors (Lipinski definition) is 0. The number of pyridine rings is 1. The molecule has 0 saturated carbocycles. The average molecular weight is 308 g/mol. The van der Waals surface area contributed by atoms with E-state index in [1.807, 2.05) is 54.1 Å². The highest BCUT2D eigenvalue weighted by Crippen LogP contribution is 2.12. The van der Waals surface area contributed by atoms with Crippen molar-refractivity contribution in [3.63, 3.8) is 0 Å². The summed E-state index contributed by atoms with van der Waals surface area (Å²) in [5.41, 5.74) is 3.03. The molecule has 0 radical (unpaired) electrons. The zero-order chi connectivity index (χ0) is 16.1. The van der Waals surface area contributed by atoms with Crippen LogP contribution in [-0.2, 0) is 17.8 Å². The lowest BCUT2D eigenvalue weighted by Crippen LogP contribution is -2.29. The molecule has 0 N–H and O–H groups in total. The molecule has 2 aromatic heterocycles. The predicted molar refractivity (Wildman–Crippen MR) is 89.9 cm³/mol. The van der Waals surface area contributed by atoms with Crippen molar-refractivity contribution in [3.05, 3.63) is 60.7 Å². The van der Waals surface area contributed by atoms with Crippen molar-refractivity contribution < 1.29 is 4.79 Å². The van der Waals surface area contributed by atoms with E-state index in [0.29, 0.717) is 19.5 Å². The Morgan fingerprint density at radius 1 is 1.13 bits per heavy atom. The van der Waals surface area contributed by atoms with Crippen molar-refractivity contribution in [2.75, 3.05) is 13.6 Å². The maximum absolute atomic E-state index is 12.3. The highest BCUT2D eigenvalue weighted by Gasteiger charge is 2.10. The van der Waals surface area contributed by atoms with Crippen LogP contribution in [0.5, 0.6) is 0 Å². The lowest BCUT2D eigenvalue weighted by Gasteiger charge is -2.17. The number of amides is 1. The molecule has 2 heterocycles. The van der Waals surface area contributed by atoms with Gasteiger partial charge in [0, 0.05) is 44.9 Å². The van der Waals surface area contributed by atoms with E-state index in [1.54, 1.807) is 17.4 Å². The normalized spacial score (nSPS) is 10.8. The molecule has 3 aromatic rings. The molecule has 0 aliphatic heterocycles. The maximum Gasteiger partial charge on any atom is 0.224 e. The first-order valence-electron chi connectivity index (χ1n) is 7.78. The van der Waals surface area contributed by atoms with Gasteiger partial charge in [0.15, 0.2) is 0 Å². The Hall–Kier alpha value is -2.69. The fourth-order valence-corrected chi connectivity index (χ4v) is 2.55. The molecule has 0 unspecified atom stereocenters. The van der Waals surface area contributed by atoms with E-state index in [4.69, 9.17) is 0 Å². The molecule has 0 aliphatic carbocycles. The van der Waals surface area contributed by atoms with Gasteiger partial charge in [-0.05, 0) is 24.3 Å². The minimum atomic E-state index is 0.138. The molecule has 0 spiro atoms.